The van der Waals surface area contributed by atoms with Crippen molar-refractivity contribution in [2.45, 2.75) is 38.0 Å². The number of carbonyl (C=O) groups is 1. The maximum Gasteiger partial charge on any atom is 0.316 e. The molecule has 0 saturated carbocycles. The third-order valence-electron chi connectivity index (χ3n) is 3.10. The molecule has 0 heterocycles. The molecule has 0 fully saturated rings. The lowest BCUT2D eigenvalue weighted by Gasteiger charge is -2.23. The minimum Gasteiger partial charge on any atom is -0.493 e. The molecule has 2 amide bonds. The van der Waals surface area contributed by atoms with Gasteiger partial charge in [-0.3, -0.25) is 0 Å². The number of nitrogens with two attached hydrogens (primary N) is 1. The molecule has 7 heteroatoms. The first kappa shape index (κ1) is 17.3. The number of sulfone groups is 1. The van der Waals surface area contributed by atoms with Crippen LogP contribution < -0.4 is 15.8 Å². The zero-order valence-corrected chi connectivity index (χ0v) is 13.8. The second kappa shape index (κ2) is 5.93. The summed E-state index contributed by atoms with van der Waals surface area (Å²) < 4.78 is 29.7. The lowest BCUT2D eigenvalue weighted by molar-refractivity contribution is 0.259. The Morgan fingerprint density at radius 1 is 1.33 bits per heavy atom. The molecular formula is C14H22N2O4S. The average Bonchev–Trinajstić information content (AvgIpc) is 2.36. The van der Waals surface area contributed by atoms with Crippen LogP contribution in [-0.2, 0) is 15.3 Å². The number of anilines is 1. The van der Waals surface area contributed by atoms with Gasteiger partial charge in [0.2, 0.25) is 0 Å². The number of nitrogens with one attached hydrogen (secondary N) is 1. The van der Waals surface area contributed by atoms with Crippen molar-refractivity contribution in [2.24, 2.45) is 5.73 Å². The summed E-state index contributed by atoms with van der Waals surface area (Å²) in [7, 11) is -2.15. The van der Waals surface area contributed by atoms with Crippen molar-refractivity contribution in [3.05, 3.63) is 17.7 Å². The largest absolute Gasteiger partial charge is 0.493 e. The molecule has 0 saturated heterocycles. The van der Waals surface area contributed by atoms with E-state index >= 15 is 0 Å². The summed E-state index contributed by atoms with van der Waals surface area (Å²) in [6, 6.07) is 2.49. The van der Waals surface area contributed by atoms with E-state index in [1.165, 1.54) is 7.11 Å². The van der Waals surface area contributed by atoms with Gasteiger partial charge in [0.25, 0.3) is 0 Å². The Hall–Kier alpha value is -1.76. The zero-order chi connectivity index (χ0) is 16.4. The molecule has 0 radical (unpaired) electrons. The molecular weight excluding hydrogens is 292 g/mol. The van der Waals surface area contributed by atoms with Crippen LogP contribution >= 0.6 is 0 Å². The minimum absolute atomic E-state index is 0.0590. The van der Waals surface area contributed by atoms with E-state index in [0.717, 1.165) is 5.56 Å². The number of ether oxygens (including phenoxy) is 1. The molecule has 6 nitrogen and oxygen atoms in total. The van der Waals surface area contributed by atoms with Gasteiger partial charge < -0.3 is 15.8 Å². The molecule has 0 aliphatic heterocycles. The zero-order valence-electron chi connectivity index (χ0n) is 13.0. The maximum atomic E-state index is 12.3. The van der Waals surface area contributed by atoms with Gasteiger partial charge in [-0.1, -0.05) is 27.7 Å². The van der Waals surface area contributed by atoms with Gasteiger partial charge in [-0.05, 0) is 23.1 Å². The van der Waals surface area contributed by atoms with Gasteiger partial charge in [0, 0.05) is 0 Å². The summed E-state index contributed by atoms with van der Waals surface area (Å²) in [5.41, 5.74) is 5.87. The number of benzene rings is 1. The Morgan fingerprint density at radius 2 is 1.90 bits per heavy atom. The topological polar surface area (TPSA) is 98.5 Å². The summed E-state index contributed by atoms with van der Waals surface area (Å²) >= 11 is 0. The Kier molecular flexibility index (Phi) is 4.88. The average molecular weight is 314 g/mol. The van der Waals surface area contributed by atoms with Gasteiger partial charge in [0.05, 0.1) is 18.6 Å². The number of hydrogen-bond acceptors (Lipinski definition) is 4. The number of amides is 2. The van der Waals surface area contributed by atoms with Gasteiger partial charge in [0.1, 0.15) is 4.90 Å². The quantitative estimate of drug-likeness (QED) is 0.890. The van der Waals surface area contributed by atoms with Crippen molar-refractivity contribution >= 4 is 21.6 Å². The summed E-state index contributed by atoms with van der Waals surface area (Å²) in [6.45, 7) is 7.40. The molecule has 0 aromatic heterocycles. The second-order valence-corrected chi connectivity index (χ2v) is 7.94. The summed E-state index contributed by atoms with van der Waals surface area (Å²) in [5, 5.41) is 2.42. The molecule has 118 valence electrons. The highest BCUT2D eigenvalue weighted by Crippen LogP contribution is 2.38. The summed E-state index contributed by atoms with van der Waals surface area (Å²) in [4.78, 5) is 11.2. The predicted octanol–water partition coefficient (Wildman–Crippen LogP) is 2.28. The maximum absolute atomic E-state index is 12.3. The molecule has 0 spiro atoms. The molecule has 0 aliphatic rings. The molecule has 0 unspecified atom stereocenters. The highest BCUT2D eigenvalue weighted by molar-refractivity contribution is 7.91. The monoisotopic (exact) mass is 314 g/mol. The third-order valence-corrected chi connectivity index (χ3v) is 4.83. The first-order chi connectivity index (χ1) is 9.52. The molecule has 21 heavy (non-hydrogen) atoms. The van der Waals surface area contributed by atoms with Crippen LogP contribution in [0.2, 0.25) is 0 Å². The van der Waals surface area contributed by atoms with Crippen LogP contribution in [-0.4, -0.2) is 27.3 Å². The highest BCUT2D eigenvalue weighted by Gasteiger charge is 2.26. The standard InChI is InChI=1S/C14H22N2O4S/c1-6-21(18,19)11-8-9(14(2,3)4)7-10(12(11)20-5)16-13(15)17/h7-8H,6H2,1-5H3,(H3,15,16,17). The van der Waals surface area contributed by atoms with Gasteiger partial charge in [0.15, 0.2) is 15.6 Å². The van der Waals surface area contributed by atoms with Gasteiger partial charge in [-0.15, -0.1) is 0 Å². The van der Waals surface area contributed by atoms with Crippen molar-refractivity contribution in [3.8, 4) is 5.75 Å². The third kappa shape index (κ3) is 3.87. The van der Waals surface area contributed by atoms with E-state index in [4.69, 9.17) is 10.5 Å². The fourth-order valence-corrected chi connectivity index (χ4v) is 2.95. The Labute approximate surface area is 125 Å². The fourth-order valence-electron chi connectivity index (χ4n) is 1.86. The molecule has 1 rings (SSSR count). The van der Waals surface area contributed by atoms with E-state index in [-0.39, 0.29) is 27.5 Å². The van der Waals surface area contributed by atoms with Crippen molar-refractivity contribution in [1.29, 1.82) is 0 Å². The Bertz CT molecular complexity index is 646. The predicted molar refractivity (Wildman–Crippen MR) is 82.6 cm³/mol. The van der Waals surface area contributed by atoms with E-state index in [0.29, 0.717) is 0 Å². The number of primary amides is 1. The van der Waals surface area contributed by atoms with Gasteiger partial charge in [-0.25, -0.2) is 13.2 Å². The van der Waals surface area contributed by atoms with Crippen LogP contribution in [0, 0.1) is 0 Å². The van der Waals surface area contributed by atoms with Crippen molar-refractivity contribution < 1.29 is 17.9 Å². The summed E-state index contributed by atoms with van der Waals surface area (Å²) in [5.74, 6) is 0.0381. The van der Waals surface area contributed by atoms with Gasteiger partial charge >= 0.3 is 6.03 Å². The van der Waals surface area contributed by atoms with Crippen LogP contribution in [0.1, 0.15) is 33.3 Å². The van der Waals surface area contributed by atoms with Gasteiger partial charge in [-0.2, -0.15) is 0 Å². The van der Waals surface area contributed by atoms with E-state index in [2.05, 4.69) is 5.32 Å². The van der Waals surface area contributed by atoms with E-state index in [1.807, 2.05) is 20.8 Å². The SMILES string of the molecule is CCS(=O)(=O)c1cc(C(C)(C)C)cc(NC(N)=O)c1OC. The second-order valence-electron chi connectivity index (χ2n) is 5.70. The molecule has 3 N–H and O–H groups in total. The number of hydrogen-bond donors (Lipinski definition) is 2. The fraction of sp³-hybridized carbons (Fsp3) is 0.500. The minimum atomic E-state index is -3.50. The molecule has 0 atom stereocenters. The highest BCUT2D eigenvalue weighted by atomic mass is 32.2. The Morgan fingerprint density at radius 3 is 2.29 bits per heavy atom. The first-order valence-corrected chi connectivity index (χ1v) is 8.20. The van der Waals surface area contributed by atoms with E-state index in [9.17, 15) is 13.2 Å². The Balaban J connectivity index is 3.72. The van der Waals surface area contributed by atoms with E-state index < -0.39 is 15.9 Å². The number of methoxy groups -OCH3 is 1. The van der Waals surface area contributed by atoms with Crippen LogP contribution in [0.5, 0.6) is 5.75 Å². The number of carbonyl (C=O) groups excluding carboxylic acids is 1. The lowest BCUT2D eigenvalue weighted by Crippen LogP contribution is -2.22. The van der Waals surface area contributed by atoms with Crippen LogP contribution in [0.25, 0.3) is 0 Å². The molecule has 0 aliphatic carbocycles. The number of urea groups is 1. The van der Waals surface area contributed by atoms with E-state index in [1.54, 1.807) is 19.1 Å². The first-order valence-electron chi connectivity index (χ1n) is 6.54. The number of rotatable bonds is 4. The molecule has 1 aromatic rings. The summed E-state index contributed by atoms with van der Waals surface area (Å²) in [6.07, 6.45) is 0. The molecule has 0 bridgehead atoms. The smallest absolute Gasteiger partial charge is 0.316 e. The van der Waals surface area contributed by atoms with Crippen LogP contribution in [0.4, 0.5) is 10.5 Å². The normalized spacial score (nSPS) is 12.0. The van der Waals surface area contributed by atoms with Crippen molar-refractivity contribution in [1.82, 2.24) is 0 Å². The van der Waals surface area contributed by atoms with Crippen LogP contribution in [0.3, 0.4) is 0 Å². The van der Waals surface area contributed by atoms with Crippen molar-refractivity contribution in [3.63, 3.8) is 0 Å². The van der Waals surface area contributed by atoms with Crippen molar-refractivity contribution in [2.75, 3.05) is 18.2 Å². The molecule has 1 aromatic carbocycles. The lowest BCUT2D eigenvalue weighted by atomic mass is 9.86. The van der Waals surface area contributed by atoms with Crippen LogP contribution in [0.15, 0.2) is 17.0 Å².